The molecule has 15 heavy (non-hydrogen) atoms. The Hall–Kier alpha value is -0.120. The van der Waals surface area contributed by atoms with Crippen LogP contribution in [0.2, 0.25) is 0 Å². The number of nitrogens with one attached hydrogen (secondary N) is 1. The molecule has 0 amide bonds. The standard InChI is InChI=1S/C12H25NO2/c1-3-11(14)5-7-13-10-6-8-15-12(4-2)9-10/h10-14H,3-9H2,1-2H3. The van der Waals surface area contributed by atoms with E-state index in [1.165, 1.54) is 0 Å². The number of hydrogen-bond donors (Lipinski definition) is 2. The normalized spacial score (nSPS) is 29.0. The van der Waals surface area contributed by atoms with Crippen molar-refractivity contribution in [3.8, 4) is 0 Å². The molecule has 2 N–H and O–H groups in total. The zero-order chi connectivity index (χ0) is 11.1. The summed E-state index contributed by atoms with van der Waals surface area (Å²) in [5.74, 6) is 0. The van der Waals surface area contributed by atoms with Gasteiger partial charge in [-0.3, -0.25) is 0 Å². The van der Waals surface area contributed by atoms with E-state index in [1.807, 2.05) is 6.92 Å². The Labute approximate surface area is 93.2 Å². The molecule has 1 saturated heterocycles. The number of ether oxygens (including phenoxy) is 1. The van der Waals surface area contributed by atoms with Crippen molar-refractivity contribution in [3.05, 3.63) is 0 Å². The van der Waals surface area contributed by atoms with Gasteiger partial charge in [0.2, 0.25) is 0 Å². The molecule has 3 unspecified atom stereocenters. The summed E-state index contributed by atoms with van der Waals surface area (Å²) < 4.78 is 5.62. The van der Waals surface area contributed by atoms with E-state index in [4.69, 9.17) is 4.74 Å². The highest BCUT2D eigenvalue weighted by molar-refractivity contribution is 4.76. The zero-order valence-electron chi connectivity index (χ0n) is 10.0. The average molecular weight is 215 g/mol. The topological polar surface area (TPSA) is 41.5 Å². The first-order valence-electron chi connectivity index (χ1n) is 6.29. The largest absolute Gasteiger partial charge is 0.393 e. The van der Waals surface area contributed by atoms with E-state index in [-0.39, 0.29) is 6.10 Å². The van der Waals surface area contributed by atoms with Gasteiger partial charge in [0, 0.05) is 12.6 Å². The minimum Gasteiger partial charge on any atom is -0.393 e. The highest BCUT2D eigenvalue weighted by Gasteiger charge is 2.20. The highest BCUT2D eigenvalue weighted by atomic mass is 16.5. The fourth-order valence-corrected chi connectivity index (χ4v) is 2.01. The summed E-state index contributed by atoms with van der Waals surface area (Å²) in [6.45, 7) is 6.00. The van der Waals surface area contributed by atoms with E-state index in [1.54, 1.807) is 0 Å². The Morgan fingerprint density at radius 2 is 2.27 bits per heavy atom. The molecule has 3 nitrogen and oxygen atoms in total. The second-order valence-corrected chi connectivity index (χ2v) is 4.43. The number of hydrogen-bond acceptors (Lipinski definition) is 3. The lowest BCUT2D eigenvalue weighted by molar-refractivity contribution is -0.000490. The van der Waals surface area contributed by atoms with Crippen molar-refractivity contribution in [1.82, 2.24) is 5.32 Å². The summed E-state index contributed by atoms with van der Waals surface area (Å²) in [7, 11) is 0. The van der Waals surface area contributed by atoms with Crippen molar-refractivity contribution in [2.24, 2.45) is 0 Å². The fraction of sp³-hybridized carbons (Fsp3) is 1.00. The van der Waals surface area contributed by atoms with Crippen molar-refractivity contribution in [2.45, 2.75) is 64.2 Å². The Balaban J connectivity index is 2.10. The fourth-order valence-electron chi connectivity index (χ4n) is 2.01. The first kappa shape index (κ1) is 12.9. The van der Waals surface area contributed by atoms with Gasteiger partial charge < -0.3 is 15.2 Å². The van der Waals surface area contributed by atoms with Crippen LogP contribution in [0.1, 0.15) is 46.0 Å². The predicted octanol–water partition coefficient (Wildman–Crippen LogP) is 1.69. The SMILES string of the molecule is CCC(O)CCNC1CCOC(CC)C1. The van der Waals surface area contributed by atoms with Gasteiger partial charge in [-0.2, -0.15) is 0 Å². The first-order valence-corrected chi connectivity index (χ1v) is 6.29. The number of aliphatic hydroxyl groups excluding tert-OH is 1. The molecule has 0 spiro atoms. The molecule has 0 radical (unpaired) electrons. The van der Waals surface area contributed by atoms with Crippen LogP contribution in [-0.4, -0.2) is 36.5 Å². The van der Waals surface area contributed by atoms with Crippen molar-refractivity contribution < 1.29 is 9.84 Å². The van der Waals surface area contributed by atoms with E-state index in [2.05, 4.69) is 12.2 Å². The Bertz CT molecular complexity index is 164. The van der Waals surface area contributed by atoms with Gasteiger partial charge in [-0.1, -0.05) is 13.8 Å². The Morgan fingerprint density at radius 3 is 2.93 bits per heavy atom. The van der Waals surface area contributed by atoms with Gasteiger partial charge in [-0.25, -0.2) is 0 Å². The minimum absolute atomic E-state index is 0.140. The predicted molar refractivity (Wildman–Crippen MR) is 62.0 cm³/mol. The van der Waals surface area contributed by atoms with Gasteiger partial charge in [-0.05, 0) is 38.6 Å². The molecule has 1 aliphatic rings. The van der Waals surface area contributed by atoms with Crippen molar-refractivity contribution in [1.29, 1.82) is 0 Å². The smallest absolute Gasteiger partial charge is 0.0587 e. The molecular formula is C12H25NO2. The van der Waals surface area contributed by atoms with E-state index >= 15 is 0 Å². The lowest BCUT2D eigenvalue weighted by atomic mass is 10.0. The molecule has 0 bridgehead atoms. The van der Waals surface area contributed by atoms with Crippen LogP contribution in [-0.2, 0) is 4.74 Å². The van der Waals surface area contributed by atoms with Gasteiger partial charge in [0.05, 0.1) is 12.2 Å². The van der Waals surface area contributed by atoms with E-state index in [9.17, 15) is 5.11 Å². The number of aliphatic hydroxyl groups is 1. The molecular weight excluding hydrogens is 190 g/mol. The van der Waals surface area contributed by atoms with Gasteiger partial charge in [0.25, 0.3) is 0 Å². The number of rotatable bonds is 6. The van der Waals surface area contributed by atoms with Crippen LogP contribution in [0.15, 0.2) is 0 Å². The Kier molecular flexibility index (Phi) is 6.22. The molecule has 1 heterocycles. The van der Waals surface area contributed by atoms with Gasteiger partial charge in [0.15, 0.2) is 0 Å². The molecule has 90 valence electrons. The van der Waals surface area contributed by atoms with E-state index in [0.717, 1.165) is 45.3 Å². The third kappa shape index (κ3) is 4.96. The zero-order valence-corrected chi connectivity index (χ0v) is 10.0. The summed E-state index contributed by atoms with van der Waals surface area (Å²) in [6, 6.07) is 0.591. The van der Waals surface area contributed by atoms with Crippen molar-refractivity contribution >= 4 is 0 Å². The second kappa shape index (κ2) is 7.20. The summed E-state index contributed by atoms with van der Waals surface area (Å²) in [5, 5.41) is 12.9. The van der Waals surface area contributed by atoms with Crippen LogP contribution in [0.4, 0.5) is 0 Å². The molecule has 0 aromatic rings. The average Bonchev–Trinajstić information content (AvgIpc) is 2.29. The monoisotopic (exact) mass is 215 g/mol. The molecule has 1 aliphatic heterocycles. The minimum atomic E-state index is -0.140. The Morgan fingerprint density at radius 1 is 1.47 bits per heavy atom. The second-order valence-electron chi connectivity index (χ2n) is 4.43. The summed E-state index contributed by atoms with van der Waals surface area (Å²) in [4.78, 5) is 0. The maximum absolute atomic E-state index is 9.42. The molecule has 3 heteroatoms. The van der Waals surface area contributed by atoms with Crippen LogP contribution in [0, 0.1) is 0 Å². The van der Waals surface area contributed by atoms with Crippen LogP contribution < -0.4 is 5.32 Å². The van der Waals surface area contributed by atoms with E-state index in [0.29, 0.717) is 12.1 Å². The summed E-state index contributed by atoms with van der Waals surface area (Å²) >= 11 is 0. The third-order valence-electron chi connectivity index (χ3n) is 3.20. The first-order chi connectivity index (χ1) is 7.26. The van der Waals surface area contributed by atoms with Crippen LogP contribution >= 0.6 is 0 Å². The van der Waals surface area contributed by atoms with Crippen LogP contribution in [0.25, 0.3) is 0 Å². The summed E-state index contributed by atoms with van der Waals surface area (Å²) in [6.07, 6.45) is 5.36. The van der Waals surface area contributed by atoms with Crippen LogP contribution in [0.5, 0.6) is 0 Å². The molecule has 0 saturated carbocycles. The van der Waals surface area contributed by atoms with Crippen LogP contribution in [0.3, 0.4) is 0 Å². The maximum atomic E-state index is 9.42. The van der Waals surface area contributed by atoms with Gasteiger partial charge >= 0.3 is 0 Å². The maximum Gasteiger partial charge on any atom is 0.0587 e. The third-order valence-corrected chi connectivity index (χ3v) is 3.20. The van der Waals surface area contributed by atoms with E-state index < -0.39 is 0 Å². The lowest BCUT2D eigenvalue weighted by Crippen LogP contribution is -2.39. The van der Waals surface area contributed by atoms with Gasteiger partial charge in [-0.15, -0.1) is 0 Å². The van der Waals surface area contributed by atoms with Crippen molar-refractivity contribution in [2.75, 3.05) is 13.2 Å². The van der Waals surface area contributed by atoms with Crippen molar-refractivity contribution in [3.63, 3.8) is 0 Å². The lowest BCUT2D eigenvalue weighted by Gasteiger charge is -2.29. The summed E-state index contributed by atoms with van der Waals surface area (Å²) in [5.41, 5.74) is 0. The molecule has 0 aliphatic carbocycles. The molecule has 0 aromatic heterocycles. The molecule has 1 rings (SSSR count). The van der Waals surface area contributed by atoms with Gasteiger partial charge in [0.1, 0.15) is 0 Å². The molecule has 1 fully saturated rings. The highest BCUT2D eigenvalue weighted by Crippen LogP contribution is 2.16. The molecule has 0 aromatic carbocycles. The quantitative estimate of drug-likeness (QED) is 0.708. The molecule has 3 atom stereocenters.